The van der Waals surface area contributed by atoms with Crippen LogP contribution in [0.15, 0.2) is 65.6 Å². The lowest BCUT2D eigenvalue weighted by Gasteiger charge is -2.08. The van der Waals surface area contributed by atoms with Gasteiger partial charge in [0.05, 0.1) is 5.52 Å². The van der Waals surface area contributed by atoms with Crippen LogP contribution < -0.4 is 10.3 Å². The van der Waals surface area contributed by atoms with Gasteiger partial charge in [0.2, 0.25) is 11.3 Å². The van der Waals surface area contributed by atoms with E-state index in [2.05, 4.69) is 9.97 Å². The van der Waals surface area contributed by atoms with E-state index >= 15 is 0 Å². The highest BCUT2D eigenvalue weighted by atomic mass is 16.5. The van der Waals surface area contributed by atoms with Gasteiger partial charge in [-0.05, 0) is 18.2 Å². The zero-order chi connectivity index (χ0) is 16.5. The van der Waals surface area contributed by atoms with Gasteiger partial charge in [0.25, 0.3) is 0 Å². The van der Waals surface area contributed by atoms with Gasteiger partial charge >= 0.3 is 0 Å². The number of aromatic amines is 2. The average molecular weight is 318 g/mol. The number of benzene rings is 2. The van der Waals surface area contributed by atoms with Crippen LogP contribution in [0.2, 0.25) is 0 Å². The van der Waals surface area contributed by atoms with E-state index in [9.17, 15) is 9.59 Å². The minimum Gasteiger partial charge on any atom is -0.483 e. The standard InChI is InChI=1S/C19H14N2O3/c22-16(14-10-20-15-6-2-1-5-13(14)15)11-24-17-7-3-4-12-8-9-18(23)21-19(12)17/h1-10,20H,11H2,(H,21,23). The first-order chi connectivity index (χ1) is 11.7. The summed E-state index contributed by atoms with van der Waals surface area (Å²) in [5.74, 6) is 0.362. The number of hydrogen-bond acceptors (Lipinski definition) is 3. The Kier molecular flexibility index (Phi) is 3.39. The number of carbonyl (C=O) groups excluding carboxylic acids is 1. The van der Waals surface area contributed by atoms with E-state index in [0.29, 0.717) is 16.8 Å². The zero-order valence-electron chi connectivity index (χ0n) is 12.7. The first-order valence-electron chi connectivity index (χ1n) is 7.56. The van der Waals surface area contributed by atoms with Gasteiger partial charge in [0, 0.05) is 34.1 Å². The summed E-state index contributed by atoms with van der Waals surface area (Å²) in [6.07, 6.45) is 1.70. The summed E-state index contributed by atoms with van der Waals surface area (Å²) in [7, 11) is 0. The molecule has 24 heavy (non-hydrogen) atoms. The molecule has 0 saturated carbocycles. The van der Waals surface area contributed by atoms with Crippen LogP contribution in [0.4, 0.5) is 0 Å². The number of ketones is 1. The molecule has 0 amide bonds. The maximum atomic E-state index is 12.5. The fraction of sp³-hybridized carbons (Fsp3) is 0.0526. The molecule has 4 rings (SSSR count). The van der Waals surface area contributed by atoms with Gasteiger partial charge in [-0.1, -0.05) is 30.3 Å². The van der Waals surface area contributed by atoms with Crippen molar-refractivity contribution in [2.45, 2.75) is 0 Å². The number of Topliss-reactive ketones (excluding diaryl/α,β-unsaturated/α-hetero) is 1. The molecule has 0 bridgehead atoms. The predicted octanol–water partition coefficient (Wildman–Crippen LogP) is 3.27. The SMILES string of the molecule is O=C(COc1cccc2ccc(=O)[nH]c12)c1c[nH]c2ccccc12. The molecule has 0 fully saturated rings. The van der Waals surface area contributed by atoms with Gasteiger partial charge in [0.15, 0.2) is 6.61 Å². The third-order valence-corrected chi connectivity index (χ3v) is 3.97. The minimum atomic E-state index is -0.207. The Morgan fingerprint density at radius 2 is 1.88 bits per heavy atom. The Morgan fingerprint density at radius 1 is 1.00 bits per heavy atom. The van der Waals surface area contributed by atoms with Crippen molar-refractivity contribution in [1.82, 2.24) is 9.97 Å². The van der Waals surface area contributed by atoms with Crippen LogP contribution in [0.5, 0.6) is 5.75 Å². The van der Waals surface area contributed by atoms with Crippen molar-refractivity contribution in [2.24, 2.45) is 0 Å². The number of hydrogen-bond donors (Lipinski definition) is 2. The lowest BCUT2D eigenvalue weighted by Crippen LogP contribution is -2.12. The summed E-state index contributed by atoms with van der Waals surface area (Å²) in [6, 6.07) is 16.2. The van der Waals surface area contributed by atoms with Gasteiger partial charge in [-0.25, -0.2) is 0 Å². The predicted molar refractivity (Wildman–Crippen MR) is 92.7 cm³/mol. The molecule has 0 atom stereocenters. The molecule has 0 aliphatic heterocycles. The molecule has 2 heterocycles. The summed E-state index contributed by atoms with van der Waals surface area (Å²) < 4.78 is 5.68. The lowest BCUT2D eigenvalue weighted by molar-refractivity contribution is 0.0924. The summed E-state index contributed by atoms with van der Waals surface area (Å²) in [4.78, 5) is 29.8. The Labute approximate surface area is 136 Å². The maximum absolute atomic E-state index is 12.5. The van der Waals surface area contributed by atoms with Crippen molar-refractivity contribution >= 4 is 27.6 Å². The van der Waals surface area contributed by atoms with E-state index in [1.165, 1.54) is 6.07 Å². The molecule has 2 aromatic carbocycles. The summed E-state index contributed by atoms with van der Waals surface area (Å²) in [5, 5.41) is 1.73. The molecular formula is C19H14N2O3. The minimum absolute atomic E-state index is 0.0993. The van der Waals surface area contributed by atoms with Gasteiger partial charge in [-0.3, -0.25) is 9.59 Å². The normalized spacial score (nSPS) is 11.0. The Hall–Kier alpha value is -3.34. The van der Waals surface area contributed by atoms with Crippen molar-refractivity contribution in [3.63, 3.8) is 0 Å². The second-order valence-corrected chi connectivity index (χ2v) is 5.50. The van der Waals surface area contributed by atoms with Crippen LogP contribution in [0.25, 0.3) is 21.8 Å². The summed E-state index contributed by atoms with van der Waals surface area (Å²) in [6.45, 7) is -0.0993. The van der Waals surface area contributed by atoms with Gasteiger partial charge in [-0.15, -0.1) is 0 Å². The van der Waals surface area contributed by atoms with E-state index in [-0.39, 0.29) is 17.9 Å². The highest BCUT2D eigenvalue weighted by Gasteiger charge is 2.13. The third kappa shape index (κ3) is 2.46. The molecule has 5 heteroatoms. The summed E-state index contributed by atoms with van der Waals surface area (Å²) in [5.41, 5.74) is 1.90. The number of H-pyrrole nitrogens is 2. The quantitative estimate of drug-likeness (QED) is 0.567. The molecule has 2 aromatic heterocycles. The fourth-order valence-electron chi connectivity index (χ4n) is 2.79. The lowest BCUT2D eigenvalue weighted by atomic mass is 10.1. The maximum Gasteiger partial charge on any atom is 0.248 e. The van der Waals surface area contributed by atoms with Gasteiger partial charge in [-0.2, -0.15) is 0 Å². The molecule has 0 aliphatic carbocycles. The van der Waals surface area contributed by atoms with E-state index in [4.69, 9.17) is 4.74 Å². The Balaban J connectivity index is 1.62. The van der Waals surface area contributed by atoms with Crippen LogP contribution in [0.3, 0.4) is 0 Å². The van der Waals surface area contributed by atoms with Crippen molar-refractivity contribution < 1.29 is 9.53 Å². The second kappa shape index (κ2) is 5.70. The molecule has 0 saturated heterocycles. The number of ether oxygens (including phenoxy) is 1. The van der Waals surface area contributed by atoms with Crippen molar-refractivity contribution in [2.75, 3.05) is 6.61 Å². The second-order valence-electron chi connectivity index (χ2n) is 5.50. The zero-order valence-corrected chi connectivity index (χ0v) is 12.7. The smallest absolute Gasteiger partial charge is 0.248 e. The highest BCUT2D eigenvalue weighted by Crippen LogP contribution is 2.23. The largest absolute Gasteiger partial charge is 0.483 e. The third-order valence-electron chi connectivity index (χ3n) is 3.97. The Morgan fingerprint density at radius 3 is 2.79 bits per heavy atom. The molecule has 0 unspecified atom stereocenters. The van der Waals surface area contributed by atoms with Crippen molar-refractivity contribution in [3.05, 3.63) is 76.7 Å². The fourth-order valence-corrected chi connectivity index (χ4v) is 2.79. The first kappa shape index (κ1) is 14.3. The molecule has 0 spiro atoms. The summed E-state index contributed by atoms with van der Waals surface area (Å²) >= 11 is 0. The molecule has 5 nitrogen and oxygen atoms in total. The van der Waals surface area contributed by atoms with E-state index < -0.39 is 0 Å². The van der Waals surface area contributed by atoms with Crippen molar-refractivity contribution in [1.29, 1.82) is 0 Å². The number of nitrogens with one attached hydrogen (secondary N) is 2. The number of rotatable bonds is 4. The van der Waals surface area contributed by atoms with E-state index in [0.717, 1.165) is 16.3 Å². The topological polar surface area (TPSA) is 75.0 Å². The number of pyridine rings is 1. The van der Waals surface area contributed by atoms with Crippen molar-refractivity contribution in [3.8, 4) is 5.75 Å². The monoisotopic (exact) mass is 318 g/mol. The van der Waals surface area contributed by atoms with Crippen LogP contribution in [-0.2, 0) is 0 Å². The number of carbonyl (C=O) groups is 1. The molecule has 0 aliphatic rings. The van der Waals surface area contributed by atoms with Gasteiger partial charge in [0.1, 0.15) is 5.75 Å². The molecule has 4 aromatic rings. The van der Waals surface area contributed by atoms with E-state index in [1.807, 2.05) is 36.4 Å². The van der Waals surface area contributed by atoms with Crippen LogP contribution in [0, 0.1) is 0 Å². The van der Waals surface area contributed by atoms with Crippen LogP contribution in [0.1, 0.15) is 10.4 Å². The number of fused-ring (bicyclic) bond motifs is 2. The van der Waals surface area contributed by atoms with Gasteiger partial charge < -0.3 is 14.7 Å². The molecule has 2 N–H and O–H groups in total. The molecular weight excluding hydrogens is 304 g/mol. The number of aromatic nitrogens is 2. The van der Waals surface area contributed by atoms with E-state index in [1.54, 1.807) is 18.3 Å². The average Bonchev–Trinajstić information content (AvgIpc) is 3.04. The molecule has 0 radical (unpaired) electrons. The highest BCUT2D eigenvalue weighted by molar-refractivity contribution is 6.08. The molecule has 118 valence electrons. The van der Waals surface area contributed by atoms with Crippen LogP contribution in [-0.4, -0.2) is 22.4 Å². The van der Waals surface area contributed by atoms with Crippen LogP contribution >= 0.6 is 0 Å². The number of para-hydroxylation sites is 2. The Bertz CT molecular complexity index is 1110. The first-order valence-corrected chi connectivity index (χ1v) is 7.56.